The summed E-state index contributed by atoms with van der Waals surface area (Å²) in [5, 5.41) is 0. The van der Waals surface area contributed by atoms with Gasteiger partial charge in [0, 0.05) is 33.1 Å². The number of alkyl halides is 2. The molecule has 0 radical (unpaired) electrons. The molecule has 9 nitrogen and oxygen atoms in total. The van der Waals surface area contributed by atoms with E-state index in [0.717, 1.165) is 0 Å². The van der Waals surface area contributed by atoms with Gasteiger partial charge in [0.25, 0.3) is 0 Å². The molecule has 0 atom stereocenters. The quantitative estimate of drug-likeness (QED) is 0.243. The Kier molecular flexibility index (Phi) is 13.8. The fourth-order valence-electron chi connectivity index (χ4n) is 2.41. The van der Waals surface area contributed by atoms with Crippen LogP contribution in [0.2, 0.25) is 0 Å². The SMILES string of the molecule is CCCN(CCC)C(=O)OCOP(=O)(OCOC(=O)N(CCC)CCC)C(C)(F)F. The zero-order chi connectivity index (χ0) is 23.2. The van der Waals surface area contributed by atoms with Crippen molar-refractivity contribution in [3.05, 3.63) is 0 Å². The van der Waals surface area contributed by atoms with Gasteiger partial charge >= 0.3 is 25.4 Å². The zero-order valence-corrected chi connectivity index (χ0v) is 19.4. The highest BCUT2D eigenvalue weighted by molar-refractivity contribution is 7.55. The van der Waals surface area contributed by atoms with Crippen LogP contribution in [0.25, 0.3) is 0 Å². The molecule has 0 heterocycles. The van der Waals surface area contributed by atoms with Gasteiger partial charge < -0.3 is 19.3 Å². The van der Waals surface area contributed by atoms with Crippen LogP contribution in [-0.4, -0.2) is 67.4 Å². The van der Waals surface area contributed by atoms with Crippen molar-refractivity contribution in [1.82, 2.24) is 9.80 Å². The van der Waals surface area contributed by atoms with E-state index < -0.39 is 39.0 Å². The maximum atomic E-state index is 13.8. The fraction of sp³-hybridized carbons (Fsp3) is 0.889. The lowest BCUT2D eigenvalue weighted by atomic mass is 10.4. The molecule has 0 fully saturated rings. The van der Waals surface area contributed by atoms with Gasteiger partial charge in [0.2, 0.25) is 13.6 Å². The zero-order valence-electron chi connectivity index (χ0n) is 18.5. The number of carbonyl (C=O) groups is 2. The molecule has 0 N–H and O–H groups in total. The molecule has 0 saturated heterocycles. The Balaban J connectivity index is 4.80. The van der Waals surface area contributed by atoms with Gasteiger partial charge in [0.15, 0.2) is 0 Å². The first-order valence-corrected chi connectivity index (χ1v) is 11.7. The van der Waals surface area contributed by atoms with Crippen molar-refractivity contribution in [2.45, 2.75) is 66.0 Å². The summed E-state index contributed by atoms with van der Waals surface area (Å²) in [7, 11) is -5.06. The van der Waals surface area contributed by atoms with Crippen molar-refractivity contribution in [3.8, 4) is 0 Å². The lowest BCUT2D eigenvalue weighted by molar-refractivity contribution is -0.0278. The molecule has 0 aliphatic rings. The number of ether oxygens (including phenoxy) is 2. The molecule has 12 heteroatoms. The third-order valence-corrected chi connectivity index (χ3v) is 5.63. The van der Waals surface area contributed by atoms with E-state index in [4.69, 9.17) is 9.47 Å². The van der Waals surface area contributed by atoms with Crippen molar-refractivity contribution in [1.29, 1.82) is 0 Å². The third kappa shape index (κ3) is 10.0. The van der Waals surface area contributed by atoms with Crippen LogP contribution in [0.4, 0.5) is 18.4 Å². The summed E-state index contributed by atoms with van der Waals surface area (Å²) in [5.74, 6) is 0. The number of hydrogen-bond donors (Lipinski definition) is 0. The van der Waals surface area contributed by atoms with E-state index in [9.17, 15) is 22.9 Å². The molecule has 0 bridgehead atoms. The van der Waals surface area contributed by atoms with Crippen LogP contribution >= 0.6 is 7.60 Å². The van der Waals surface area contributed by atoms with Crippen molar-refractivity contribution in [3.63, 3.8) is 0 Å². The minimum absolute atomic E-state index is 0.346. The highest BCUT2D eigenvalue weighted by atomic mass is 31.2. The first-order chi connectivity index (χ1) is 14.1. The molecule has 0 saturated carbocycles. The van der Waals surface area contributed by atoms with Gasteiger partial charge in [-0.3, -0.25) is 13.6 Å². The maximum Gasteiger partial charge on any atom is 0.411 e. The van der Waals surface area contributed by atoms with Crippen LogP contribution in [0.3, 0.4) is 0 Å². The summed E-state index contributed by atoms with van der Waals surface area (Å²) in [6, 6.07) is 0. The second-order valence-corrected chi connectivity index (χ2v) is 8.92. The summed E-state index contributed by atoms with van der Waals surface area (Å²) < 4.78 is 58.9. The van der Waals surface area contributed by atoms with Crippen LogP contribution in [0, 0.1) is 0 Å². The van der Waals surface area contributed by atoms with E-state index in [0.29, 0.717) is 58.8 Å². The van der Waals surface area contributed by atoms with Gasteiger partial charge in [0.05, 0.1) is 0 Å². The normalized spacial score (nSPS) is 11.8. The molecular weight excluding hydrogens is 425 g/mol. The average Bonchev–Trinajstić information content (AvgIpc) is 2.66. The third-order valence-electron chi connectivity index (χ3n) is 3.78. The number of carbonyl (C=O) groups excluding carboxylic acids is 2. The van der Waals surface area contributed by atoms with E-state index >= 15 is 0 Å². The van der Waals surface area contributed by atoms with Gasteiger partial charge in [-0.05, 0) is 25.7 Å². The highest BCUT2D eigenvalue weighted by Gasteiger charge is 2.50. The first-order valence-electron chi connectivity index (χ1n) is 10.2. The Morgan fingerprint density at radius 3 is 1.30 bits per heavy atom. The Morgan fingerprint density at radius 1 is 0.767 bits per heavy atom. The Labute approximate surface area is 177 Å². The Morgan fingerprint density at radius 2 is 1.07 bits per heavy atom. The second kappa shape index (κ2) is 14.5. The topological polar surface area (TPSA) is 94.6 Å². The van der Waals surface area contributed by atoms with Crippen molar-refractivity contribution >= 4 is 19.8 Å². The smallest absolute Gasteiger partial charge is 0.411 e. The molecule has 0 aliphatic heterocycles. The van der Waals surface area contributed by atoms with Crippen LogP contribution in [-0.2, 0) is 23.1 Å². The monoisotopic (exact) mass is 460 g/mol. The van der Waals surface area contributed by atoms with Crippen LogP contribution in [0.15, 0.2) is 0 Å². The standard InChI is InChI=1S/C18H35F2N2O7P/c1-6-10-21(11-7-2)16(23)26-14-28-30(25,18(5,19)20)29-15-27-17(24)22(12-8-3)13-9-4/h6-15H2,1-5H3. The molecule has 0 spiro atoms. The summed E-state index contributed by atoms with van der Waals surface area (Å²) in [6.45, 7) is 7.54. The van der Waals surface area contributed by atoms with Crippen LogP contribution < -0.4 is 0 Å². The van der Waals surface area contributed by atoms with Gasteiger partial charge in [-0.15, -0.1) is 0 Å². The minimum atomic E-state index is -5.06. The number of hydrogen-bond acceptors (Lipinski definition) is 7. The fourth-order valence-corrected chi connectivity index (χ4v) is 3.32. The maximum absolute atomic E-state index is 13.8. The van der Waals surface area contributed by atoms with E-state index in [2.05, 4.69) is 9.05 Å². The summed E-state index contributed by atoms with van der Waals surface area (Å²) in [6.07, 6.45) is 1.19. The predicted molar refractivity (Wildman–Crippen MR) is 107 cm³/mol. The molecule has 0 aromatic heterocycles. The Bertz CT molecular complexity index is 511. The second-order valence-electron chi connectivity index (χ2n) is 6.63. The van der Waals surface area contributed by atoms with Gasteiger partial charge in [0.1, 0.15) is 0 Å². The van der Waals surface area contributed by atoms with Crippen LogP contribution in [0.1, 0.15) is 60.3 Å². The number of halogens is 2. The molecule has 178 valence electrons. The minimum Gasteiger partial charge on any atom is -0.422 e. The molecule has 0 rings (SSSR count). The predicted octanol–water partition coefficient (Wildman–Crippen LogP) is 5.26. The number of amides is 2. The van der Waals surface area contributed by atoms with Gasteiger partial charge in [-0.25, -0.2) is 9.59 Å². The lowest BCUT2D eigenvalue weighted by Crippen LogP contribution is -2.34. The summed E-state index contributed by atoms with van der Waals surface area (Å²) in [4.78, 5) is 26.8. The van der Waals surface area contributed by atoms with Gasteiger partial charge in [-0.2, -0.15) is 8.78 Å². The molecule has 2 amide bonds. The largest absolute Gasteiger partial charge is 0.422 e. The van der Waals surface area contributed by atoms with E-state index in [1.54, 1.807) is 0 Å². The first kappa shape index (κ1) is 28.5. The van der Waals surface area contributed by atoms with Crippen molar-refractivity contribution < 1.29 is 41.5 Å². The van der Waals surface area contributed by atoms with Crippen LogP contribution in [0.5, 0.6) is 0 Å². The molecule has 0 aromatic carbocycles. The number of rotatable bonds is 15. The Hall–Kier alpha value is -1.45. The van der Waals surface area contributed by atoms with E-state index in [1.807, 2.05) is 27.7 Å². The average molecular weight is 460 g/mol. The van der Waals surface area contributed by atoms with Crippen molar-refractivity contribution in [2.24, 2.45) is 0 Å². The lowest BCUT2D eigenvalue weighted by Gasteiger charge is -2.25. The van der Waals surface area contributed by atoms with E-state index in [-0.39, 0.29) is 0 Å². The number of nitrogens with zero attached hydrogens (tertiary/aromatic N) is 2. The molecule has 30 heavy (non-hydrogen) atoms. The molecular formula is C18H35F2N2O7P. The summed E-state index contributed by atoms with van der Waals surface area (Å²) in [5.41, 5.74) is -3.90. The van der Waals surface area contributed by atoms with Crippen molar-refractivity contribution in [2.75, 3.05) is 39.8 Å². The molecule has 0 aliphatic carbocycles. The molecule has 0 aromatic rings. The highest BCUT2D eigenvalue weighted by Crippen LogP contribution is 2.61. The molecule has 0 unspecified atom stereocenters. The van der Waals surface area contributed by atoms with E-state index in [1.165, 1.54) is 9.80 Å². The van der Waals surface area contributed by atoms with Gasteiger partial charge in [-0.1, -0.05) is 27.7 Å². The summed E-state index contributed by atoms with van der Waals surface area (Å²) >= 11 is 0.